The Labute approximate surface area is 124 Å². The number of likely N-dealkylation sites (N-methyl/N-ethyl adjacent to an activating group) is 1. The molecule has 1 N–H and O–H groups in total. The second kappa shape index (κ2) is 6.82. The molecule has 0 aliphatic rings. The van der Waals surface area contributed by atoms with Gasteiger partial charge >= 0.3 is 0 Å². The normalized spacial score (nSPS) is 12.4. The summed E-state index contributed by atoms with van der Waals surface area (Å²) in [6.45, 7) is 4.67. The van der Waals surface area contributed by atoms with Crippen LogP contribution in [0.15, 0.2) is 36.7 Å². The minimum atomic E-state index is -0.175. The van der Waals surface area contributed by atoms with Gasteiger partial charge in [-0.25, -0.2) is 4.39 Å². The number of pyridine rings is 1. The first kappa shape index (κ1) is 14.9. The molecule has 0 saturated carbocycles. The second-order valence-corrected chi connectivity index (χ2v) is 5.20. The lowest BCUT2D eigenvalue weighted by Crippen LogP contribution is -2.23. The average molecular weight is 293 g/mol. The van der Waals surface area contributed by atoms with Gasteiger partial charge in [-0.05, 0) is 48.7 Å². The fourth-order valence-electron chi connectivity index (χ4n) is 2.23. The molecule has 1 unspecified atom stereocenters. The van der Waals surface area contributed by atoms with E-state index in [-0.39, 0.29) is 11.9 Å². The molecule has 0 bridgehead atoms. The minimum absolute atomic E-state index is 0.110. The molecule has 106 valence electrons. The van der Waals surface area contributed by atoms with Crippen LogP contribution in [0, 0.1) is 12.7 Å². The third kappa shape index (κ3) is 3.56. The Morgan fingerprint density at radius 2 is 2.15 bits per heavy atom. The van der Waals surface area contributed by atoms with Crippen molar-refractivity contribution in [3.63, 3.8) is 0 Å². The maximum absolute atomic E-state index is 13.4. The molecule has 1 heterocycles. The molecule has 20 heavy (non-hydrogen) atoms. The summed E-state index contributed by atoms with van der Waals surface area (Å²) in [4.78, 5) is 3.99. The minimum Gasteiger partial charge on any atom is -0.310 e. The van der Waals surface area contributed by atoms with Crippen LogP contribution < -0.4 is 5.32 Å². The molecule has 0 saturated heterocycles. The molecule has 2 aromatic rings. The SMILES string of the molecule is CCNC(Cc1ccncc1Cl)c1ccc(F)c(C)c1. The predicted octanol–water partition coefficient (Wildman–Crippen LogP) is 4.08. The number of rotatable bonds is 5. The summed E-state index contributed by atoms with van der Waals surface area (Å²) >= 11 is 6.16. The smallest absolute Gasteiger partial charge is 0.126 e. The standard InChI is InChI=1S/C16H18ClFN2/c1-3-20-16(9-12-6-7-19-10-14(12)17)13-4-5-15(18)11(2)8-13/h4-8,10,16,20H,3,9H2,1-2H3. The predicted molar refractivity (Wildman–Crippen MR) is 80.5 cm³/mol. The molecule has 0 aliphatic carbocycles. The maximum Gasteiger partial charge on any atom is 0.126 e. The van der Waals surface area contributed by atoms with Gasteiger partial charge < -0.3 is 5.32 Å². The van der Waals surface area contributed by atoms with Crippen molar-refractivity contribution in [3.05, 3.63) is 64.2 Å². The van der Waals surface area contributed by atoms with Crippen LogP contribution in [-0.4, -0.2) is 11.5 Å². The van der Waals surface area contributed by atoms with Crippen LogP contribution in [0.3, 0.4) is 0 Å². The number of hydrogen-bond acceptors (Lipinski definition) is 2. The number of halogens is 2. The van der Waals surface area contributed by atoms with Crippen molar-refractivity contribution in [3.8, 4) is 0 Å². The van der Waals surface area contributed by atoms with E-state index in [2.05, 4.69) is 17.2 Å². The summed E-state index contributed by atoms with van der Waals surface area (Å²) in [7, 11) is 0. The van der Waals surface area contributed by atoms with Gasteiger partial charge in [0.1, 0.15) is 5.82 Å². The van der Waals surface area contributed by atoms with Gasteiger partial charge in [0.15, 0.2) is 0 Å². The molecule has 2 nitrogen and oxygen atoms in total. The van der Waals surface area contributed by atoms with Crippen molar-refractivity contribution in [2.45, 2.75) is 26.3 Å². The molecule has 2 rings (SSSR count). The van der Waals surface area contributed by atoms with Gasteiger partial charge in [0.25, 0.3) is 0 Å². The Balaban J connectivity index is 2.27. The lowest BCUT2D eigenvalue weighted by molar-refractivity contribution is 0.546. The Bertz CT molecular complexity index is 586. The van der Waals surface area contributed by atoms with E-state index in [9.17, 15) is 4.39 Å². The van der Waals surface area contributed by atoms with Crippen LogP contribution in [0.5, 0.6) is 0 Å². The highest BCUT2D eigenvalue weighted by molar-refractivity contribution is 6.31. The molecular formula is C16H18ClFN2. The van der Waals surface area contributed by atoms with Crippen molar-refractivity contribution >= 4 is 11.6 Å². The zero-order chi connectivity index (χ0) is 14.5. The van der Waals surface area contributed by atoms with Crippen LogP contribution in [-0.2, 0) is 6.42 Å². The Hall–Kier alpha value is -1.45. The van der Waals surface area contributed by atoms with Gasteiger partial charge in [-0.15, -0.1) is 0 Å². The van der Waals surface area contributed by atoms with Gasteiger partial charge in [0.05, 0.1) is 5.02 Å². The zero-order valence-electron chi connectivity index (χ0n) is 11.7. The van der Waals surface area contributed by atoms with E-state index < -0.39 is 0 Å². The van der Waals surface area contributed by atoms with Crippen LogP contribution in [0.2, 0.25) is 5.02 Å². The lowest BCUT2D eigenvalue weighted by atomic mass is 9.98. The fourth-order valence-corrected chi connectivity index (χ4v) is 2.42. The summed E-state index contributed by atoms with van der Waals surface area (Å²) in [5.41, 5.74) is 2.76. The highest BCUT2D eigenvalue weighted by Crippen LogP contribution is 2.24. The molecule has 4 heteroatoms. The first-order chi connectivity index (χ1) is 9.61. The molecule has 0 fully saturated rings. The van der Waals surface area contributed by atoms with E-state index >= 15 is 0 Å². The summed E-state index contributed by atoms with van der Waals surface area (Å²) in [6, 6.07) is 7.26. The number of hydrogen-bond donors (Lipinski definition) is 1. The van der Waals surface area contributed by atoms with E-state index in [1.54, 1.807) is 19.3 Å². The molecular weight excluding hydrogens is 275 g/mol. The number of benzene rings is 1. The summed E-state index contributed by atoms with van der Waals surface area (Å²) in [5, 5.41) is 4.08. The van der Waals surface area contributed by atoms with Crippen molar-refractivity contribution in [2.75, 3.05) is 6.54 Å². The molecule has 0 aliphatic heterocycles. The van der Waals surface area contributed by atoms with Gasteiger partial charge in [-0.1, -0.05) is 30.7 Å². The van der Waals surface area contributed by atoms with Gasteiger partial charge in [-0.2, -0.15) is 0 Å². The number of aryl methyl sites for hydroxylation is 1. The average Bonchev–Trinajstić information content (AvgIpc) is 2.44. The van der Waals surface area contributed by atoms with E-state index in [0.717, 1.165) is 24.1 Å². The molecule has 0 amide bonds. The van der Waals surface area contributed by atoms with Gasteiger partial charge in [-0.3, -0.25) is 4.98 Å². The molecule has 1 aromatic carbocycles. The van der Waals surface area contributed by atoms with E-state index in [1.807, 2.05) is 18.2 Å². The first-order valence-corrected chi connectivity index (χ1v) is 7.07. The monoisotopic (exact) mass is 292 g/mol. The van der Waals surface area contributed by atoms with Crippen LogP contribution >= 0.6 is 11.6 Å². The number of nitrogens with one attached hydrogen (secondary N) is 1. The van der Waals surface area contributed by atoms with Gasteiger partial charge in [0, 0.05) is 18.4 Å². The van der Waals surface area contributed by atoms with Crippen molar-refractivity contribution in [1.29, 1.82) is 0 Å². The van der Waals surface area contributed by atoms with Crippen LogP contribution in [0.25, 0.3) is 0 Å². The summed E-state index contributed by atoms with van der Waals surface area (Å²) in [5.74, 6) is -0.175. The quantitative estimate of drug-likeness (QED) is 0.898. The van der Waals surface area contributed by atoms with E-state index in [1.165, 1.54) is 6.07 Å². The summed E-state index contributed by atoms with van der Waals surface area (Å²) < 4.78 is 13.4. The first-order valence-electron chi connectivity index (χ1n) is 6.69. The summed E-state index contributed by atoms with van der Waals surface area (Å²) in [6.07, 6.45) is 4.14. The van der Waals surface area contributed by atoms with Crippen molar-refractivity contribution in [2.24, 2.45) is 0 Å². The zero-order valence-corrected chi connectivity index (χ0v) is 12.4. The van der Waals surface area contributed by atoms with Crippen LogP contribution in [0.4, 0.5) is 4.39 Å². The Kier molecular flexibility index (Phi) is 5.10. The van der Waals surface area contributed by atoms with Crippen LogP contribution in [0.1, 0.15) is 29.7 Å². The number of nitrogens with zero attached hydrogens (tertiary/aromatic N) is 1. The molecule has 1 atom stereocenters. The Morgan fingerprint density at radius 1 is 1.35 bits per heavy atom. The third-order valence-corrected chi connectivity index (χ3v) is 3.66. The highest BCUT2D eigenvalue weighted by atomic mass is 35.5. The maximum atomic E-state index is 13.4. The van der Waals surface area contributed by atoms with Crippen molar-refractivity contribution < 1.29 is 4.39 Å². The van der Waals surface area contributed by atoms with E-state index in [4.69, 9.17) is 11.6 Å². The lowest BCUT2D eigenvalue weighted by Gasteiger charge is -2.19. The highest BCUT2D eigenvalue weighted by Gasteiger charge is 2.14. The topological polar surface area (TPSA) is 24.9 Å². The third-order valence-electron chi connectivity index (χ3n) is 3.32. The van der Waals surface area contributed by atoms with Gasteiger partial charge in [0.2, 0.25) is 0 Å². The molecule has 1 aromatic heterocycles. The molecule has 0 radical (unpaired) electrons. The largest absolute Gasteiger partial charge is 0.310 e. The van der Waals surface area contributed by atoms with E-state index in [0.29, 0.717) is 10.6 Å². The second-order valence-electron chi connectivity index (χ2n) is 4.79. The molecule has 0 spiro atoms. The van der Waals surface area contributed by atoms with Crippen molar-refractivity contribution in [1.82, 2.24) is 10.3 Å². The Morgan fingerprint density at radius 3 is 2.80 bits per heavy atom. The number of aromatic nitrogens is 1. The fraction of sp³-hybridized carbons (Fsp3) is 0.312.